The van der Waals surface area contributed by atoms with Gasteiger partial charge >= 0.3 is 0 Å². The maximum absolute atomic E-state index is 5.20. The summed E-state index contributed by atoms with van der Waals surface area (Å²) in [5.74, 6) is 1.11. The number of nitrogens with zero attached hydrogens (tertiary/aromatic N) is 4. The van der Waals surface area contributed by atoms with Crippen molar-refractivity contribution in [3.63, 3.8) is 0 Å². The lowest BCUT2D eigenvalue weighted by atomic mass is 10.3. The van der Waals surface area contributed by atoms with Crippen LogP contribution in [0.15, 0.2) is 47.2 Å². The third kappa shape index (κ3) is 2.38. The minimum atomic E-state index is 0.479. The molecule has 2 heterocycles. The van der Waals surface area contributed by atoms with E-state index in [9.17, 15) is 0 Å². The first-order valence-electron chi connectivity index (χ1n) is 5.94. The van der Waals surface area contributed by atoms with Crippen molar-refractivity contribution < 1.29 is 4.52 Å². The van der Waals surface area contributed by atoms with Crippen LogP contribution in [0.4, 0.5) is 0 Å². The molecule has 3 aromatic rings. The lowest BCUT2D eigenvalue weighted by Crippen LogP contribution is -2.06. The van der Waals surface area contributed by atoms with Crippen molar-refractivity contribution in [3.8, 4) is 17.1 Å². The molecule has 0 aliphatic carbocycles. The molecule has 1 N–H and O–H groups in total. The molecule has 19 heavy (non-hydrogen) atoms. The van der Waals surface area contributed by atoms with Gasteiger partial charge < -0.3 is 9.84 Å². The zero-order valence-corrected chi connectivity index (χ0v) is 10.4. The van der Waals surface area contributed by atoms with E-state index in [4.69, 9.17) is 4.52 Å². The first kappa shape index (κ1) is 11.6. The molecule has 6 heteroatoms. The van der Waals surface area contributed by atoms with E-state index in [0.717, 1.165) is 11.3 Å². The fraction of sp³-hybridized carbons (Fsp3) is 0.154. The van der Waals surface area contributed by atoms with Crippen LogP contribution in [0.25, 0.3) is 17.1 Å². The molecule has 0 radical (unpaired) electrons. The fourth-order valence-electron chi connectivity index (χ4n) is 1.76. The molecular formula is C13H13N5O. The van der Waals surface area contributed by atoms with Crippen molar-refractivity contribution >= 4 is 0 Å². The van der Waals surface area contributed by atoms with Gasteiger partial charge in [0, 0.05) is 6.20 Å². The molecular weight excluding hydrogens is 242 g/mol. The highest BCUT2D eigenvalue weighted by molar-refractivity contribution is 5.51. The predicted octanol–water partition coefficient (Wildman–Crippen LogP) is 1.64. The van der Waals surface area contributed by atoms with Crippen LogP contribution in [-0.4, -0.2) is 27.0 Å². The van der Waals surface area contributed by atoms with E-state index in [2.05, 4.69) is 20.6 Å². The monoisotopic (exact) mass is 255 g/mol. The Hall–Kier alpha value is -2.47. The van der Waals surface area contributed by atoms with Crippen molar-refractivity contribution in [2.75, 3.05) is 7.05 Å². The molecule has 0 fully saturated rings. The molecule has 3 rings (SSSR count). The Balaban J connectivity index is 1.88. The quantitative estimate of drug-likeness (QED) is 0.767. The van der Waals surface area contributed by atoms with Crippen molar-refractivity contribution in [2.45, 2.75) is 6.54 Å². The van der Waals surface area contributed by atoms with E-state index >= 15 is 0 Å². The van der Waals surface area contributed by atoms with Crippen molar-refractivity contribution in [3.05, 3.63) is 48.5 Å². The number of hydrogen-bond acceptors (Lipinski definition) is 5. The van der Waals surface area contributed by atoms with Crippen LogP contribution in [0.1, 0.15) is 5.82 Å². The second-order valence-corrected chi connectivity index (χ2v) is 4.06. The number of hydrogen-bond donors (Lipinski definition) is 1. The Bertz CT molecular complexity index is 658. The molecule has 2 aromatic heterocycles. The van der Waals surface area contributed by atoms with Crippen molar-refractivity contribution in [2.24, 2.45) is 0 Å². The van der Waals surface area contributed by atoms with E-state index in [0.29, 0.717) is 18.3 Å². The first-order chi connectivity index (χ1) is 9.36. The molecule has 0 atom stereocenters. The highest BCUT2D eigenvalue weighted by atomic mass is 16.5. The van der Waals surface area contributed by atoms with Gasteiger partial charge in [-0.2, -0.15) is 10.1 Å². The summed E-state index contributed by atoms with van der Waals surface area (Å²) in [7, 11) is 1.84. The smallest absolute Gasteiger partial charge is 0.261 e. The summed E-state index contributed by atoms with van der Waals surface area (Å²) >= 11 is 0. The summed E-state index contributed by atoms with van der Waals surface area (Å²) < 4.78 is 6.97. The lowest BCUT2D eigenvalue weighted by molar-refractivity contribution is 0.420. The molecule has 0 spiro atoms. The van der Waals surface area contributed by atoms with Gasteiger partial charge in [-0.05, 0) is 19.2 Å². The molecule has 0 saturated heterocycles. The van der Waals surface area contributed by atoms with E-state index in [1.54, 1.807) is 10.9 Å². The molecule has 1 aromatic carbocycles. The maximum atomic E-state index is 5.20. The SMILES string of the molecule is CNCc1noc(-c2cnn(-c3ccccc3)c2)n1. The average molecular weight is 255 g/mol. The highest BCUT2D eigenvalue weighted by Gasteiger charge is 2.10. The minimum absolute atomic E-state index is 0.479. The molecule has 0 unspecified atom stereocenters. The summed E-state index contributed by atoms with van der Waals surface area (Å²) in [6.45, 7) is 0.580. The zero-order valence-electron chi connectivity index (χ0n) is 10.4. The number of para-hydroxylation sites is 1. The Morgan fingerprint density at radius 2 is 2.11 bits per heavy atom. The summed E-state index contributed by atoms with van der Waals surface area (Å²) in [5.41, 5.74) is 1.79. The normalized spacial score (nSPS) is 10.8. The summed E-state index contributed by atoms with van der Waals surface area (Å²) in [5, 5.41) is 11.1. The molecule has 0 aliphatic rings. The predicted molar refractivity (Wildman–Crippen MR) is 69.6 cm³/mol. The lowest BCUT2D eigenvalue weighted by Gasteiger charge is -1.98. The van der Waals surface area contributed by atoms with Crippen molar-refractivity contribution in [1.82, 2.24) is 25.2 Å². The summed E-state index contributed by atoms with van der Waals surface area (Å²) in [6, 6.07) is 9.87. The maximum Gasteiger partial charge on any atom is 0.261 e. The van der Waals surface area contributed by atoms with E-state index in [1.807, 2.05) is 43.6 Å². The Labute approximate surface area is 110 Å². The van der Waals surface area contributed by atoms with Crippen LogP contribution in [0, 0.1) is 0 Å². The van der Waals surface area contributed by atoms with Gasteiger partial charge in [-0.1, -0.05) is 23.4 Å². The van der Waals surface area contributed by atoms with Gasteiger partial charge in [-0.15, -0.1) is 0 Å². The second-order valence-electron chi connectivity index (χ2n) is 4.06. The third-order valence-electron chi connectivity index (χ3n) is 2.65. The zero-order chi connectivity index (χ0) is 13.1. The van der Waals surface area contributed by atoms with Crippen molar-refractivity contribution in [1.29, 1.82) is 0 Å². The summed E-state index contributed by atoms with van der Waals surface area (Å²) in [6.07, 6.45) is 3.58. The first-order valence-corrected chi connectivity index (χ1v) is 5.94. The van der Waals surface area contributed by atoms with Gasteiger partial charge in [0.15, 0.2) is 5.82 Å². The van der Waals surface area contributed by atoms with E-state index in [1.165, 1.54) is 0 Å². The number of rotatable bonds is 4. The van der Waals surface area contributed by atoms with E-state index < -0.39 is 0 Å². The Kier molecular flexibility index (Phi) is 3.07. The van der Waals surface area contributed by atoms with Crippen LogP contribution in [0.3, 0.4) is 0 Å². The molecule has 0 amide bonds. The number of aromatic nitrogens is 4. The van der Waals surface area contributed by atoms with Gasteiger partial charge in [0.2, 0.25) is 0 Å². The molecule has 0 saturated carbocycles. The van der Waals surface area contributed by atoms with Gasteiger partial charge in [0.1, 0.15) is 0 Å². The van der Waals surface area contributed by atoms with Crippen LogP contribution in [-0.2, 0) is 6.54 Å². The molecule has 0 bridgehead atoms. The Morgan fingerprint density at radius 3 is 2.89 bits per heavy atom. The second kappa shape index (κ2) is 5.03. The highest BCUT2D eigenvalue weighted by Crippen LogP contribution is 2.18. The van der Waals surface area contributed by atoms with Crippen LogP contribution < -0.4 is 5.32 Å². The van der Waals surface area contributed by atoms with Gasteiger partial charge in [-0.3, -0.25) is 0 Å². The average Bonchev–Trinajstić information content (AvgIpc) is 3.08. The van der Waals surface area contributed by atoms with Crippen LogP contribution >= 0.6 is 0 Å². The number of nitrogens with one attached hydrogen (secondary N) is 1. The number of benzene rings is 1. The van der Waals surface area contributed by atoms with Gasteiger partial charge in [-0.25, -0.2) is 4.68 Å². The standard InChI is InChI=1S/C13H13N5O/c1-14-8-12-16-13(19-17-12)10-7-15-18(9-10)11-5-3-2-4-6-11/h2-7,9,14H,8H2,1H3. The van der Waals surface area contributed by atoms with Gasteiger partial charge in [0.05, 0.1) is 24.0 Å². The third-order valence-corrected chi connectivity index (χ3v) is 2.65. The summed E-state index contributed by atoms with van der Waals surface area (Å²) in [4.78, 5) is 4.28. The topological polar surface area (TPSA) is 68.8 Å². The van der Waals surface area contributed by atoms with Crippen LogP contribution in [0.2, 0.25) is 0 Å². The molecule has 0 aliphatic heterocycles. The van der Waals surface area contributed by atoms with Crippen LogP contribution in [0.5, 0.6) is 0 Å². The minimum Gasteiger partial charge on any atom is -0.334 e. The Morgan fingerprint density at radius 1 is 1.26 bits per heavy atom. The molecule has 96 valence electrons. The van der Waals surface area contributed by atoms with Gasteiger partial charge in [0.25, 0.3) is 5.89 Å². The largest absolute Gasteiger partial charge is 0.334 e. The fourth-order valence-corrected chi connectivity index (χ4v) is 1.76. The molecule has 6 nitrogen and oxygen atoms in total. The van der Waals surface area contributed by atoms with E-state index in [-0.39, 0.29) is 0 Å².